The molecule has 5 nitrogen and oxygen atoms in total. The first-order valence-corrected chi connectivity index (χ1v) is 6.81. The van der Waals surface area contributed by atoms with E-state index in [4.69, 9.17) is 16.3 Å². The average molecular weight is 297 g/mol. The predicted octanol–water partition coefficient (Wildman–Crippen LogP) is 2.08. The van der Waals surface area contributed by atoms with Crippen LogP contribution in [0.25, 0.3) is 0 Å². The molecule has 2 unspecified atom stereocenters. The zero-order valence-corrected chi connectivity index (χ0v) is 12.2. The van der Waals surface area contributed by atoms with Crippen molar-refractivity contribution in [1.82, 2.24) is 0 Å². The van der Waals surface area contributed by atoms with Crippen LogP contribution in [0.15, 0.2) is 29.4 Å². The highest BCUT2D eigenvalue weighted by molar-refractivity contribution is 6.30. The second kappa shape index (κ2) is 5.81. The quantitative estimate of drug-likeness (QED) is 0.864. The molecular weight excluding hydrogens is 280 g/mol. The van der Waals surface area contributed by atoms with E-state index in [-0.39, 0.29) is 19.3 Å². The number of esters is 1. The number of nitrogens with zero attached hydrogens (tertiary/aromatic N) is 2. The zero-order valence-electron chi connectivity index (χ0n) is 11.4. The Labute approximate surface area is 122 Å². The molecule has 0 spiro atoms. The summed E-state index contributed by atoms with van der Waals surface area (Å²) < 4.78 is 5.06. The van der Waals surface area contributed by atoms with Crippen molar-refractivity contribution in [1.29, 1.82) is 0 Å². The first kappa shape index (κ1) is 14.8. The van der Waals surface area contributed by atoms with Gasteiger partial charge in [0.25, 0.3) is 0 Å². The number of aliphatic hydroxyl groups excluding tert-OH is 1. The number of benzene rings is 1. The molecule has 0 fully saturated rings. The van der Waals surface area contributed by atoms with Gasteiger partial charge in [-0.25, -0.2) is 0 Å². The number of carbonyl (C=O) groups excluding carboxylic acids is 1. The Morgan fingerprint density at radius 2 is 2.15 bits per heavy atom. The lowest BCUT2D eigenvalue weighted by Crippen LogP contribution is -2.48. The van der Waals surface area contributed by atoms with Gasteiger partial charge in [0.1, 0.15) is 5.41 Å². The number of carbonyl (C=O) groups is 1. The third-order valence-corrected chi connectivity index (χ3v) is 3.79. The van der Waals surface area contributed by atoms with Crippen molar-refractivity contribution in [2.45, 2.75) is 19.9 Å². The summed E-state index contributed by atoms with van der Waals surface area (Å²) in [6.45, 7) is 3.48. The summed E-state index contributed by atoms with van der Waals surface area (Å²) in [6.07, 6.45) is 1.46. The van der Waals surface area contributed by atoms with Crippen LogP contribution in [0.4, 0.5) is 5.69 Å². The lowest BCUT2D eigenvalue weighted by molar-refractivity contribution is -0.153. The van der Waals surface area contributed by atoms with Crippen LogP contribution >= 0.6 is 11.6 Å². The minimum absolute atomic E-state index is 0.266. The molecule has 1 aromatic rings. The van der Waals surface area contributed by atoms with Crippen LogP contribution in [0, 0.1) is 5.41 Å². The van der Waals surface area contributed by atoms with Crippen molar-refractivity contribution in [3.63, 3.8) is 0 Å². The van der Waals surface area contributed by atoms with Crippen molar-refractivity contribution in [2.75, 3.05) is 18.2 Å². The molecule has 1 aromatic carbocycles. The maximum atomic E-state index is 12.1. The number of aliphatic hydroxyl groups is 1. The fourth-order valence-corrected chi connectivity index (χ4v) is 2.33. The van der Waals surface area contributed by atoms with Gasteiger partial charge in [-0.05, 0) is 38.1 Å². The van der Waals surface area contributed by atoms with E-state index in [2.05, 4.69) is 5.10 Å². The van der Waals surface area contributed by atoms with E-state index in [1.54, 1.807) is 24.1 Å². The Hall–Kier alpha value is -1.59. The number of halogens is 1. The minimum Gasteiger partial charge on any atom is -0.465 e. The molecule has 1 aliphatic heterocycles. The number of hydrogen-bond donors (Lipinski definition) is 1. The highest BCUT2D eigenvalue weighted by Crippen LogP contribution is 2.35. The Kier molecular flexibility index (Phi) is 4.30. The van der Waals surface area contributed by atoms with E-state index < -0.39 is 11.4 Å². The maximum absolute atomic E-state index is 12.1. The molecule has 0 bridgehead atoms. The fraction of sp³-hybridized carbons (Fsp3) is 0.429. The molecule has 6 heteroatoms. The molecule has 108 valence electrons. The van der Waals surface area contributed by atoms with Gasteiger partial charge >= 0.3 is 5.97 Å². The van der Waals surface area contributed by atoms with Crippen LogP contribution in [-0.2, 0) is 9.53 Å². The first-order chi connectivity index (χ1) is 9.55. The number of anilines is 1. The zero-order chi connectivity index (χ0) is 14.8. The van der Waals surface area contributed by atoms with E-state index in [1.165, 1.54) is 6.21 Å². The second-order valence-electron chi connectivity index (χ2n) is 4.66. The van der Waals surface area contributed by atoms with Gasteiger partial charge in [-0.15, -0.1) is 0 Å². The summed E-state index contributed by atoms with van der Waals surface area (Å²) in [7, 11) is 0. The predicted molar refractivity (Wildman–Crippen MR) is 78.0 cm³/mol. The summed E-state index contributed by atoms with van der Waals surface area (Å²) in [6, 6.07) is 6.79. The van der Waals surface area contributed by atoms with Crippen LogP contribution in [0.3, 0.4) is 0 Å². The van der Waals surface area contributed by atoms with Crippen molar-refractivity contribution in [3.05, 3.63) is 29.3 Å². The van der Waals surface area contributed by atoms with Gasteiger partial charge in [-0.1, -0.05) is 11.6 Å². The van der Waals surface area contributed by atoms with Gasteiger partial charge in [0.2, 0.25) is 0 Å². The first-order valence-electron chi connectivity index (χ1n) is 6.43. The molecule has 0 radical (unpaired) electrons. The molecule has 2 rings (SSSR count). The van der Waals surface area contributed by atoms with Gasteiger partial charge in [0, 0.05) is 11.2 Å². The monoisotopic (exact) mass is 296 g/mol. The normalized spacial score (nSPS) is 25.0. The third-order valence-electron chi connectivity index (χ3n) is 3.53. The Bertz CT molecular complexity index is 518. The van der Waals surface area contributed by atoms with Crippen molar-refractivity contribution in [3.8, 4) is 0 Å². The lowest BCUT2D eigenvalue weighted by Gasteiger charge is -2.31. The SMILES string of the molecule is CCOC(=O)C1(CO)C=NN(c2ccc(Cl)cc2)C1C. The Morgan fingerprint density at radius 3 is 2.70 bits per heavy atom. The molecule has 1 N–H and O–H groups in total. The molecule has 20 heavy (non-hydrogen) atoms. The van der Waals surface area contributed by atoms with Crippen molar-refractivity contribution >= 4 is 29.5 Å². The molecule has 0 amide bonds. The van der Waals surface area contributed by atoms with Gasteiger partial charge in [0.15, 0.2) is 0 Å². The molecule has 2 atom stereocenters. The van der Waals surface area contributed by atoms with Crippen LogP contribution in [0.2, 0.25) is 5.02 Å². The van der Waals surface area contributed by atoms with Crippen LogP contribution in [0.1, 0.15) is 13.8 Å². The molecule has 0 saturated carbocycles. The highest BCUT2D eigenvalue weighted by Gasteiger charge is 2.50. The summed E-state index contributed by atoms with van der Waals surface area (Å²) in [5.74, 6) is -0.463. The minimum atomic E-state index is -1.13. The number of ether oxygens (including phenoxy) is 1. The number of rotatable bonds is 4. The van der Waals surface area contributed by atoms with E-state index in [9.17, 15) is 9.90 Å². The average Bonchev–Trinajstić information content (AvgIpc) is 2.78. The molecule has 0 saturated heterocycles. The fourth-order valence-electron chi connectivity index (χ4n) is 2.20. The number of hydrazone groups is 1. The Morgan fingerprint density at radius 1 is 1.50 bits per heavy atom. The lowest BCUT2D eigenvalue weighted by atomic mass is 9.83. The molecule has 0 aromatic heterocycles. The molecule has 0 aliphatic carbocycles. The molecule has 1 aliphatic rings. The van der Waals surface area contributed by atoms with Gasteiger partial charge in [0.05, 0.1) is 24.9 Å². The topological polar surface area (TPSA) is 62.1 Å². The van der Waals surface area contributed by atoms with Crippen LogP contribution < -0.4 is 5.01 Å². The van der Waals surface area contributed by atoms with Gasteiger partial charge < -0.3 is 9.84 Å². The molecule has 1 heterocycles. The molecular formula is C14H17ClN2O3. The van der Waals surface area contributed by atoms with Crippen molar-refractivity contribution in [2.24, 2.45) is 10.5 Å². The largest absolute Gasteiger partial charge is 0.465 e. The van der Waals surface area contributed by atoms with E-state index in [0.717, 1.165) is 5.69 Å². The summed E-state index contributed by atoms with van der Waals surface area (Å²) in [5.41, 5.74) is -0.326. The Balaban J connectivity index is 2.28. The highest BCUT2D eigenvalue weighted by atomic mass is 35.5. The van der Waals surface area contributed by atoms with Crippen LogP contribution in [-0.4, -0.2) is 36.5 Å². The smallest absolute Gasteiger partial charge is 0.322 e. The summed E-state index contributed by atoms with van der Waals surface area (Å²) in [4.78, 5) is 12.1. The number of hydrogen-bond acceptors (Lipinski definition) is 5. The summed E-state index contributed by atoms with van der Waals surface area (Å²) in [5, 5.41) is 16.2. The van der Waals surface area contributed by atoms with Gasteiger partial charge in [-0.2, -0.15) is 5.10 Å². The van der Waals surface area contributed by atoms with E-state index in [1.807, 2.05) is 19.1 Å². The van der Waals surface area contributed by atoms with E-state index >= 15 is 0 Å². The summed E-state index contributed by atoms with van der Waals surface area (Å²) >= 11 is 5.86. The van der Waals surface area contributed by atoms with Crippen molar-refractivity contribution < 1.29 is 14.6 Å². The standard InChI is InChI=1S/C14H17ClN2O3/c1-3-20-13(19)14(9-18)8-16-17(10(14)2)12-6-4-11(15)5-7-12/h4-8,10,18H,3,9H2,1-2H3. The third kappa shape index (κ3) is 2.39. The second-order valence-corrected chi connectivity index (χ2v) is 5.10. The van der Waals surface area contributed by atoms with E-state index in [0.29, 0.717) is 5.02 Å². The van der Waals surface area contributed by atoms with Gasteiger partial charge in [-0.3, -0.25) is 9.80 Å². The van der Waals surface area contributed by atoms with Crippen LogP contribution in [0.5, 0.6) is 0 Å². The maximum Gasteiger partial charge on any atom is 0.322 e.